The number of aromatic nitrogens is 2. The number of β-amino-alcohol motifs (C(OH)–C–C–N with tert-alkyl or cyclic N) is 1. The lowest BCUT2D eigenvalue weighted by Crippen LogP contribution is -2.40. The van der Waals surface area contributed by atoms with Gasteiger partial charge in [-0.3, -0.25) is 4.79 Å². The zero-order chi connectivity index (χ0) is 17.0. The molecule has 1 aliphatic rings. The molecule has 7 heteroatoms. The highest BCUT2D eigenvalue weighted by atomic mass is 16.5. The standard InChI is InChI=1S/C17H21N3O4/c1-13-18-15(24-19-13)7-8-16(21)20-10-9-17(22,11-20)12-23-14-5-3-2-4-6-14/h2-6,22H,7-12H2,1H3/t17-/m1/s1. The van der Waals surface area contributed by atoms with Crippen molar-refractivity contribution in [1.29, 1.82) is 0 Å². The molecular formula is C17H21N3O4. The topological polar surface area (TPSA) is 88.7 Å². The first kappa shape index (κ1) is 16.4. The molecule has 0 bridgehead atoms. The molecule has 1 fully saturated rings. The summed E-state index contributed by atoms with van der Waals surface area (Å²) in [6, 6.07) is 9.34. The molecule has 1 aromatic carbocycles. The Bertz CT molecular complexity index is 688. The van der Waals surface area contributed by atoms with Gasteiger partial charge < -0.3 is 19.3 Å². The van der Waals surface area contributed by atoms with Crippen LogP contribution in [0.15, 0.2) is 34.9 Å². The zero-order valence-electron chi connectivity index (χ0n) is 13.6. The average Bonchev–Trinajstić information content (AvgIpc) is 3.18. The number of carbonyl (C=O) groups is 1. The molecule has 2 heterocycles. The predicted molar refractivity (Wildman–Crippen MR) is 85.4 cm³/mol. The summed E-state index contributed by atoms with van der Waals surface area (Å²) in [7, 11) is 0. The van der Waals surface area contributed by atoms with E-state index >= 15 is 0 Å². The predicted octanol–water partition coefficient (Wildman–Crippen LogP) is 1.35. The number of rotatable bonds is 6. The normalized spacial score (nSPS) is 20.3. The Morgan fingerprint density at radius 1 is 1.42 bits per heavy atom. The largest absolute Gasteiger partial charge is 0.491 e. The molecule has 1 amide bonds. The lowest BCUT2D eigenvalue weighted by atomic mass is 10.1. The highest BCUT2D eigenvalue weighted by Gasteiger charge is 2.38. The number of hydrogen-bond donors (Lipinski definition) is 1. The number of likely N-dealkylation sites (tertiary alicyclic amines) is 1. The molecule has 24 heavy (non-hydrogen) atoms. The molecule has 0 saturated carbocycles. The molecule has 0 radical (unpaired) electrons. The van der Waals surface area contributed by atoms with Gasteiger partial charge in [0, 0.05) is 19.4 Å². The first-order valence-electron chi connectivity index (χ1n) is 8.01. The summed E-state index contributed by atoms with van der Waals surface area (Å²) in [5.41, 5.74) is -1.01. The molecule has 0 unspecified atom stereocenters. The summed E-state index contributed by atoms with van der Waals surface area (Å²) < 4.78 is 10.6. The minimum Gasteiger partial charge on any atom is -0.491 e. The minimum absolute atomic E-state index is 0.0264. The van der Waals surface area contributed by atoms with Crippen LogP contribution in [0.2, 0.25) is 0 Å². The SMILES string of the molecule is Cc1noc(CCC(=O)N2CC[C@](O)(COc3ccccc3)C2)n1. The van der Waals surface area contributed by atoms with E-state index in [0.717, 1.165) is 0 Å². The van der Waals surface area contributed by atoms with Crippen LogP contribution in [0.3, 0.4) is 0 Å². The maximum atomic E-state index is 12.3. The lowest BCUT2D eigenvalue weighted by Gasteiger charge is -2.23. The summed E-state index contributed by atoms with van der Waals surface area (Å²) in [4.78, 5) is 18.0. The summed E-state index contributed by atoms with van der Waals surface area (Å²) in [5, 5.41) is 14.3. The lowest BCUT2D eigenvalue weighted by molar-refractivity contribution is -0.131. The number of aliphatic hydroxyl groups is 1. The Hall–Kier alpha value is -2.41. The van der Waals surface area contributed by atoms with Crippen molar-refractivity contribution in [3.63, 3.8) is 0 Å². The van der Waals surface area contributed by atoms with Crippen molar-refractivity contribution >= 4 is 5.91 Å². The van der Waals surface area contributed by atoms with Crippen LogP contribution in [0.25, 0.3) is 0 Å². The molecule has 1 aliphatic heterocycles. The van der Waals surface area contributed by atoms with E-state index in [1.807, 2.05) is 30.3 Å². The van der Waals surface area contributed by atoms with Crippen LogP contribution in [0.4, 0.5) is 0 Å². The van der Waals surface area contributed by atoms with E-state index in [0.29, 0.717) is 36.9 Å². The fourth-order valence-corrected chi connectivity index (χ4v) is 2.74. The van der Waals surface area contributed by atoms with Gasteiger partial charge in [-0.05, 0) is 25.5 Å². The van der Waals surface area contributed by atoms with Gasteiger partial charge in [0.05, 0.1) is 6.54 Å². The third-order valence-electron chi connectivity index (χ3n) is 4.06. The summed E-state index contributed by atoms with van der Waals surface area (Å²) >= 11 is 0. The van der Waals surface area contributed by atoms with E-state index < -0.39 is 5.60 Å². The second-order valence-electron chi connectivity index (χ2n) is 6.13. The highest BCUT2D eigenvalue weighted by molar-refractivity contribution is 5.76. The summed E-state index contributed by atoms with van der Waals surface area (Å²) in [6.45, 7) is 2.71. The van der Waals surface area contributed by atoms with Crippen LogP contribution < -0.4 is 4.74 Å². The quantitative estimate of drug-likeness (QED) is 0.859. The minimum atomic E-state index is -1.01. The molecule has 1 N–H and O–H groups in total. The summed E-state index contributed by atoms with van der Waals surface area (Å²) in [6.07, 6.45) is 1.21. The monoisotopic (exact) mass is 331 g/mol. The van der Waals surface area contributed by atoms with Crippen LogP contribution in [0.1, 0.15) is 24.6 Å². The van der Waals surface area contributed by atoms with E-state index in [1.54, 1.807) is 11.8 Å². The number of benzene rings is 1. The third kappa shape index (κ3) is 4.11. The number of amides is 1. The van der Waals surface area contributed by atoms with E-state index in [4.69, 9.17) is 9.26 Å². The van der Waals surface area contributed by atoms with Gasteiger partial charge in [0.2, 0.25) is 11.8 Å². The third-order valence-corrected chi connectivity index (χ3v) is 4.06. The molecule has 1 aromatic heterocycles. The van der Waals surface area contributed by atoms with Crippen molar-refractivity contribution in [2.24, 2.45) is 0 Å². The first-order chi connectivity index (χ1) is 11.5. The molecule has 128 valence electrons. The maximum Gasteiger partial charge on any atom is 0.227 e. The summed E-state index contributed by atoms with van der Waals surface area (Å²) in [5.74, 6) is 1.71. The van der Waals surface area contributed by atoms with Crippen molar-refractivity contribution in [3.05, 3.63) is 42.0 Å². The number of carbonyl (C=O) groups excluding carboxylic acids is 1. The van der Waals surface area contributed by atoms with Crippen molar-refractivity contribution in [1.82, 2.24) is 15.0 Å². The van der Waals surface area contributed by atoms with Gasteiger partial charge in [-0.2, -0.15) is 4.98 Å². The Morgan fingerprint density at radius 3 is 2.92 bits per heavy atom. The van der Waals surface area contributed by atoms with E-state index in [-0.39, 0.29) is 25.5 Å². The van der Waals surface area contributed by atoms with Crippen LogP contribution in [-0.4, -0.2) is 51.4 Å². The van der Waals surface area contributed by atoms with E-state index in [2.05, 4.69) is 10.1 Å². The Kier molecular flexibility index (Phi) is 4.80. The second kappa shape index (κ2) is 7.00. The molecule has 1 saturated heterocycles. The number of hydrogen-bond acceptors (Lipinski definition) is 6. The zero-order valence-corrected chi connectivity index (χ0v) is 13.6. The second-order valence-corrected chi connectivity index (χ2v) is 6.13. The smallest absolute Gasteiger partial charge is 0.227 e. The number of ether oxygens (including phenoxy) is 1. The van der Waals surface area contributed by atoms with Crippen molar-refractivity contribution in [2.45, 2.75) is 31.8 Å². The van der Waals surface area contributed by atoms with Gasteiger partial charge in [0.25, 0.3) is 0 Å². The van der Waals surface area contributed by atoms with Crippen LogP contribution in [0.5, 0.6) is 5.75 Å². The fraction of sp³-hybridized carbons (Fsp3) is 0.471. The van der Waals surface area contributed by atoms with Gasteiger partial charge in [0.15, 0.2) is 5.82 Å². The molecule has 7 nitrogen and oxygen atoms in total. The number of para-hydroxylation sites is 1. The number of aryl methyl sites for hydroxylation is 2. The molecule has 3 rings (SSSR count). The maximum absolute atomic E-state index is 12.3. The van der Waals surface area contributed by atoms with E-state index in [1.165, 1.54) is 0 Å². The van der Waals surface area contributed by atoms with Crippen LogP contribution in [0, 0.1) is 6.92 Å². The Morgan fingerprint density at radius 2 is 2.21 bits per heavy atom. The van der Waals surface area contributed by atoms with Gasteiger partial charge in [-0.1, -0.05) is 23.4 Å². The Labute approximate surface area is 140 Å². The molecule has 0 aliphatic carbocycles. The Balaban J connectivity index is 1.47. The van der Waals surface area contributed by atoms with Gasteiger partial charge in [-0.15, -0.1) is 0 Å². The fourth-order valence-electron chi connectivity index (χ4n) is 2.74. The van der Waals surface area contributed by atoms with Crippen LogP contribution >= 0.6 is 0 Å². The molecule has 0 spiro atoms. The first-order valence-corrected chi connectivity index (χ1v) is 8.01. The van der Waals surface area contributed by atoms with E-state index in [9.17, 15) is 9.90 Å². The van der Waals surface area contributed by atoms with Crippen molar-refractivity contribution in [2.75, 3.05) is 19.7 Å². The molecule has 1 atom stereocenters. The van der Waals surface area contributed by atoms with Gasteiger partial charge in [-0.25, -0.2) is 0 Å². The van der Waals surface area contributed by atoms with Gasteiger partial charge >= 0.3 is 0 Å². The van der Waals surface area contributed by atoms with Crippen LogP contribution in [-0.2, 0) is 11.2 Å². The van der Waals surface area contributed by atoms with Crippen molar-refractivity contribution < 1.29 is 19.2 Å². The van der Waals surface area contributed by atoms with Gasteiger partial charge in [0.1, 0.15) is 18.0 Å². The molecule has 2 aromatic rings. The number of nitrogens with zero attached hydrogens (tertiary/aromatic N) is 3. The molecular weight excluding hydrogens is 310 g/mol. The van der Waals surface area contributed by atoms with Crippen molar-refractivity contribution in [3.8, 4) is 5.75 Å². The average molecular weight is 331 g/mol. The highest BCUT2D eigenvalue weighted by Crippen LogP contribution is 2.23.